The number of hydrogen-bond acceptors (Lipinski definition) is 5. The van der Waals surface area contributed by atoms with Crippen LogP contribution in [0.2, 0.25) is 0 Å². The summed E-state index contributed by atoms with van der Waals surface area (Å²) in [6.07, 6.45) is 3.48. The summed E-state index contributed by atoms with van der Waals surface area (Å²) in [4.78, 5) is 25.1. The Morgan fingerprint density at radius 2 is 1.74 bits per heavy atom. The third-order valence-corrected chi connectivity index (χ3v) is 5.17. The average Bonchev–Trinajstić information content (AvgIpc) is 3.09. The van der Waals surface area contributed by atoms with Crippen molar-refractivity contribution in [2.24, 2.45) is 0 Å². The van der Waals surface area contributed by atoms with Gasteiger partial charge in [0.2, 0.25) is 5.78 Å². The molecule has 0 amide bonds. The van der Waals surface area contributed by atoms with Crippen LogP contribution in [0.25, 0.3) is 6.08 Å². The molecule has 0 aromatic heterocycles. The SMILES string of the molecule is C[C@@H]1Oc2ccccc2C=C1/C=C1\Oc2cc(OC(=O)c3ccccc3)ccc2C1=O. The molecular formula is C26H18O5. The zero-order valence-corrected chi connectivity index (χ0v) is 16.7. The zero-order valence-electron chi connectivity index (χ0n) is 16.7. The van der Waals surface area contributed by atoms with Crippen LogP contribution in [-0.2, 0) is 0 Å². The van der Waals surface area contributed by atoms with Gasteiger partial charge in [-0.15, -0.1) is 0 Å². The minimum absolute atomic E-state index is 0.211. The molecule has 31 heavy (non-hydrogen) atoms. The number of carbonyl (C=O) groups is 2. The highest BCUT2D eigenvalue weighted by molar-refractivity contribution is 6.12. The number of fused-ring (bicyclic) bond motifs is 2. The Hall–Kier alpha value is -4.12. The van der Waals surface area contributed by atoms with Crippen LogP contribution in [-0.4, -0.2) is 17.9 Å². The smallest absolute Gasteiger partial charge is 0.343 e. The van der Waals surface area contributed by atoms with Gasteiger partial charge >= 0.3 is 5.97 Å². The number of ketones is 1. The summed E-state index contributed by atoms with van der Waals surface area (Å²) in [5.41, 5.74) is 2.66. The second kappa shape index (κ2) is 7.61. The van der Waals surface area contributed by atoms with Crippen molar-refractivity contribution in [1.29, 1.82) is 0 Å². The molecule has 0 radical (unpaired) electrons. The number of carbonyl (C=O) groups excluding carboxylic acids is 2. The lowest BCUT2D eigenvalue weighted by molar-refractivity contribution is 0.0734. The lowest BCUT2D eigenvalue weighted by atomic mass is 10.0. The summed E-state index contributed by atoms with van der Waals surface area (Å²) in [6.45, 7) is 1.92. The number of rotatable bonds is 3. The molecule has 0 fully saturated rings. The van der Waals surface area contributed by atoms with E-state index < -0.39 is 5.97 Å². The molecule has 152 valence electrons. The second-order valence-corrected chi connectivity index (χ2v) is 7.30. The second-order valence-electron chi connectivity index (χ2n) is 7.30. The Bertz CT molecular complexity index is 1250. The van der Waals surface area contributed by atoms with Gasteiger partial charge in [-0.3, -0.25) is 4.79 Å². The van der Waals surface area contributed by atoms with Crippen molar-refractivity contribution in [2.75, 3.05) is 0 Å². The van der Waals surface area contributed by atoms with E-state index in [0.717, 1.165) is 16.9 Å². The van der Waals surface area contributed by atoms with E-state index >= 15 is 0 Å². The number of benzene rings is 3. The Morgan fingerprint density at radius 1 is 0.968 bits per heavy atom. The molecule has 3 aromatic rings. The molecule has 2 aliphatic heterocycles. The summed E-state index contributed by atoms with van der Waals surface area (Å²) >= 11 is 0. The van der Waals surface area contributed by atoms with Gasteiger partial charge in [0.25, 0.3) is 0 Å². The number of ether oxygens (including phenoxy) is 3. The number of para-hydroxylation sites is 1. The van der Waals surface area contributed by atoms with Crippen LogP contribution in [0.4, 0.5) is 0 Å². The van der Waals surface area contributed by atoms with Crippen molar-refractivity contribution in [1.82, 2.24) is 0 Å². The first-order valence-corrected chi connectivity index (χ1v) is 9.91. The Balaban J connectivity index is 1.39. The predicted octanol–water partition coefficient (Wildman–Crippen LogP) is 5.23. The van der Waals surface area contributed by atoms with E-state index in [4.69, 9.17) is 14.2 Å². The van der Waals surface area contributed by atoms with E-state index in [1.165, 1.54) is 0 Å². The van der Waals surface area contributed by atoms with Crippen molar-refractivity contribution < 1.29 is 23.8 Å². The van der Waals surface area contributed by atoms with E-state index in [2.05, 4.69) is 0 Å². The fourth-order valence-electron chi connectivity index (χ4n) is 3.54. The largest absolute Gasteiger partial charge is 0.485 e. The Kier molecular flexibility index (Phi) is 4.64. The summed E-state index contributed by atoms with van der Waals surface area (Å²) in [7, 11) is 0. The molecule has 0 saturated heterocycles. The normalized spacial score (nSPS) is 17.8. The first kappa shape index (κ1) is 18.9. The number of hydrogen-bond donors (Lipinski definition) is 0. The fourth-order valence-corrected chi connectivity index (χ4v) is 3.54. The van der Waals surface area contributed by atoms with E-state index in [9.17, 15) is 9.59 Å². The van der Waals surface area contributed by atoms with E-state index in [1.807, 2.05) is 43.3 Å². The summed E-state index contributed by atoms with van der Waals surface area (Å²) in [5.74, 6) is 0.997. The van der Waals surface area contributed by atoms with Crippen LogP contribution in [0.3, 0.4) is 0 Å². The van der Waals surface area contributed by atoms with E-state index in [1.54, 1.807) is 48.5 Å². The maximum atomic E-state index is 12.8. The van der Waals surface area contributed by atoms with E-state index in [0.29, 0.717) is 22.6 Å². The highest BCUT2D eigenvalue weighted by Crippen LogP contribution is 2.36. The van der Waals surface area contributed by atoms with Gasteiger partial charge in [0.15, 0.2) is 5.76 Å². The summed E-state index contributed by atoms with van der Waals surface area (Å²) in [5, 5.41) is 0. The van der Waals surface area contributed by atoms with Crippen molar-refractivity contribution in [2.45, 2.75) is 13.0 Å². The molecule has 0 N–H and O–H groups in total. The highest BCUT2D eigenvalue weighted by atomic mass is 16.5. The zero-order chi connectivity index (χ0) is 21.4. The molecule has 0 bridgehead atoms. The van der Waals surface area contributed by atoms with Crippen LogP contribution in [0.1, 0.15) is 33.2 Å². The van der Waals surface area contributed by atoms with Crippen molar-refractivity contribution >= 4 is 17.8 Å². The predicted molar refractivity (Wildman–Crippen MR) is 115 cm³/mol. The first-order valence-electron chi connectivity index (χ1n) is 9.91. The van der Waals surface area contributed by atoms with Crippen molar-refractivity contribution in [3.8, 4) is 17.2 Å². The van der Waals surface area contributed by atoms with Crippen LogP contribution >= 0.6 is 0 Å². The van der Waals surface area contributed by atoms with Crippen LogP contribution in [0.5, 0.6) is 17.2 Å². The lowest BCUT2D eigenvalue weighted by Gasteiger charge is -2.22. The number of allylic oxidation sites excluding steroid dienone is 1. The molecular weight excluding hydrogens is 392 g/mol. The molecule has 0 aliphatic carbocycles. The number of esters is 1. The molecule has 0 spiro atoms. The highest BCUT2D eigenvalue weighted by Gasteiger charge is 2.29. The maximum Gasteiger partial charge on any atom is 0.343 e. The van der Waals surface area contributed by atoms with Gasteiger partial charge in [0, 0.05) is 11.6 Å². The van der Waals surface area contributed by atoms with Gasteiger partial charge in [0.05, 0.1) is 11.1 Å². The molecule has 5 nitrogen and oxygen atoms in total. The van der Waals surface area contributed by atoms with Crippen molar-refractivity contribution in [3.05, 3.63) is 107 Å². The third kappa shape index (κ3) is 3.62. The summed E-state index contributed by atoms with van der Waals surface area (Å²) < 4.78 is 17.2. The van der Waals surface area contributed by atoms with Gasteiger partial charge in [-0.25, -0.2) is 4.79 Å². The molecule has 5 heteroatoms. The topological polar surface area (TPSA) is 61.8 Å². The van der Waals surface area contributed by atoms with Crippen LogP contribution in [0.15, 0.2) is 90.2 Å². The van der Waals surface area contributed by atoms with Gasteiger partial charge < -0.3 is 14.2 Å². The molecule has 3 aromatic carbocycles. The minimum atomic E-state index is -0.474. The molecule has 5 rings (SSSR count). The van der Waals surface area contributed by atoms with E-state index in [-0.39, 0.29) is 17.6 Å². The third-order valence-electron chi connectivity index (χ3n) is 5.17. The molecule has 2 aliphatic rings. The molecule has 0 unspecified atom stereocenters. The number of Topliss-reactive ketones (excluding diaryl/α,β-unsaturated/α-hetero) is 1. The molecule has 0 saturated carbocycles. The quantitative estimate of drug-likeness (QED) is 0.336. The van der Waals surface area contributed by atoms with Crippen molar-refractivity contribution in [3.63, 3.8) is 0 Å². The lowest BCUT2D eigenvalue weighted by Crippen LogP contribution is -2.18. The fraction of sp³-hybridized carbons (Fsp3) is 0.0769. The summed E-state index contributed by atoms with van der Waals surface area (Å²) in [6, 6.07) is 21.2. The molecule has 1 atom stereocenters. The van der Waals surface area contributed by atoms with Gasteiger partial charge in [-0.05, 0) is 55.0 Å². The monoisotopic (exact) mass is 410 g/mol. The van der Waals surface area contributed by atoms with Crippen LogP contribution < -0.4 is 14.2 Å². The minimum Gasteiger partial charge on any atom is -0.485 e. The molecule has 2 heterocycles. The van der Waals surface area contributed by atoms with Gasteiger partial charge in [0.1, 0.15) is 23.4 Å². The standard InChI is InChI=1S/C26H18O5/c1-16-19(13-18-9-5-6-10-22(18)29-16)14-24-25(27)21-12-11-20(15-23(21)31-24)30-26(28)17-7-3-2-4-8-17/h2-16H,1H3/b24-14-/t16-/m0/s1. The Labute approximate surface area is 179 Å². The van der Waals surface area contributed by atoms with Gasteiger partial charge in [-0.2, -0.15) is 0 Å². The Morgan fingerprint density at radius 3 is 2.58 bits per heavy atom. The van der Waals surface area contributed by atoms with Gasteiger partial charge in [-0.1, -0.05) is 36.4 Å². The first-order chi connectivity index (χ1) is 15.1. The van der Waals surface area contributed by atoms with Crippen LogP contribution in [0, 0.1) is 0 Å². The maximum absolute atomic E-state index is 12.8. The average molecular weight is 410 g/mol.